The Morgan fingerprint density at radius 3 is 1.97 bits per heavy atom. The van der Waals surface area contributed by atoms with Gasteiger partial charge >= 0.3 is 24.3 Å². The summed E-state index contributed by atoms with van der Waals surface area (Å²) in [5.74, 6) is -5.06. The molecule has 1 unspecified atom stereocenters. The first kappa shape index (κ1) is 31.8. The second kappa shape index (κ2) is 12.6. The van der Waals surface area contributed by atoms with E-state index in [0.29, 0.717) is 25.0 Å². The Morgan fingerprint density at radius 2 is 1.53 bits per heavy atom. The van der Waals surface area contributed by atoms with E-state index in [1.165, 1.54) is 25.7 Å². The predicted molar refractivity (Wildman–Crippen MR) is 120 cm³/mol. The second-order valence-corrected chi connectivity index (χ2v) is 11.6. The van der Waals surface area contributed by atoms with E-state index in [-0.39, 0.29) is 5.92 Å². The second-order valence-electron chi connectivity index (χ2n) is 9.15. The maximum absolute atomic E-state index is 12.7. The maximum atomic E-state index is 12.7. The molecule has 16 heteroatoms. The fourth-order valence-electron chi connectivity index (χ4n) is 4.67. The number of pyridine rings is 1. The van der Waals surface area contributed by atoms with Gasteiger partial charge in [-0.2, -0.15) is 26.3 Å². The van der Waals surface area contributed by atoms with Crippen molar-refractivity contribution in [1.82, 2.24) is 9.88 Å². The molecule has 1 aliphatic carbocycles. The Balaban J connectivity index is 0.000000301. The molecule has 2 saturated heterocycles. The van der Waals surface area contributed by atoms with Crippen LogP contribution in [0.4, 0.5) is 26.3 Å². The van der Waals surface area contributed by atoms with Crippen LogP contribution >= 0.6 is 0 Å². The van der Waals surface area contributed by atoms with Gasteiger partial charge in [0.05, 0.1) is 24.7 Å². The number of alkyl halides is 6. The molecule has 0 radical (unpaired) electrons. The van der Waals surface area contributed by atoms with Gasteiger partial charge in [0.1, 0.15) is 4.75 Å². The summed E-state index contributed by atoms with van der Waals surface area (Å²) < 4.78 is 94.1. The summed E-state index contributed by atoms with van der Waals surface area (Å²) in [5, 5.41) is 14.2. The van der Waals surface area contributed by atoms with Gasteiger partial charge in [-0.1, -0.05) is 18.9 Å². The lowest BCUT2D eigenvalue weighted by Gasteiger charge is -2.52. The molecule has 1 aromatic heterocycles. The number of aromatic nitrogens is 1. The van der Waals surface area contributed by atoms with Crippen molar-refractivity contribution in [1.29, 1.82) is 0 Å². The van der Waals surface area contributed by atoms with Gasteiger partial charge in [-0.3, -0.25) is 9.88 Å². The molecule has 0 amide bonds. The third-order valence-electron chi connectivity index (χ3n) is 6.66. The van der Waals surface area contributed by atoms with E-state index >= 15 is 0 Å². The number of halogens is 6. The van der Waals surface area contributed by atoms with Gasteiger partial charge in [-0.05, 0) is 31.4 Å². The topological polar surface area (TPSA) is 134 Å². The molecule has 9 nitrogen and oxygen atoms in total. The Hall–Kier alpha value is -2.46. The first-order valence-electron chi connectivity index (χ1n) is 11.5. The number of hydrogen-bond acceptors (Lipinski definition) is 7. The molecule has 3 heterocycles. The number of carbonyl (C=O) groups is 2. The van der Waals surface area contributed by atoms with Crippen LogP contribution in [0.2, 0.25) is 0 Å². The van der Waals surface area contributed by atoms with E-state index in [0.717, 1.165) is 25.2 Å². The van der Waals surface area contributed by atoms with Crippen molar-refractivity contribution in [3.8, 4) is 0 Å². The highest BCUT2D eigenvalue weighted by Crippen LogP contribution is 2.47. The van der Waals surface area contributed by atoms with Crippen molar-refractivity contribution in [2.24, 2.45) is 5.92 Å². The lowest BCUT2D eigenvalue weighted by molar-refractivity contribution is -0.193. The first-order chi connectivity index (χ1) is 17.5. The first-order valence-corrected chi connectivity index (χ1v) is 13.2. The Labute approximate surface area is 214 Å². The summed E-state index contributed by atoms with van der Waals surface area (Å²) in [6.07, 6.45) is -2.63. The molecule has 2 aliphatic heterocycles. The molecular weight excluding hydrogens is 550 g/mol. The summed E-state index contributed by atoms with van der Waals surface area (Å²) in [4.78, 5) is 24.5. The highest BCUT2D eigenvalue weighted by atomic mass is 32.2. The van der Waals surface area contributed by atoms with Crippen LogP contribution in [0.3, 0.4) is 0 Å². The number of nitrogens with zero attached hydrogens (tertiary/aromatic N) is 2. The van der Waals surface area contributed by atoms with Crippen LogP contribution < -0.4 is 0 Å². The minimum absolute atomic E-state index is 0.129. The third kappa shape index (κ3) is 8.27. The standard InChI is InChI=1S/C18H26N2O3S.2C2HF3O2/c21-24(22)10-8-15(11-23-12-16-5-3-4-9-19-16)18(24)13-20(14-18)17-6-1-2-7-17;2*3-2(4,5)1(6)7/h3-5,9,15,17H,1-2,6-8,10-14H2;2*(H,6,7). The van der Waals surface area contributed by atoms with Gasteiger partial charge in [0.15, 0.2) is 9.84 Å². The van der Waals surface area contributed by atoms with Crippen molar-refractivity contribution >= 4 is 21.8 Å². The van der Waals surface area contributed by atoms with Gasteiger partial charge in [-0.15, -0.1) is 0 Å². The molecule has 1 atom stereocenters. The zero-order valence-corrected chi connectivity index (χ0v) is 20.9. The van der Waals surface area contributed by atoms with E-state index < -0.39 is 38.9 Å². The van der Waals surface area contributed by atoms with Gasteiger partial charge in [0.25, 0.3) is 0 Å². The van der Waals surface area contributed by atoms with Crippen molar-refractivity contribution in [3.05, 3.63) is 30.1 Å². The van der Waals surface area contributed by atoms with Crippen LogP contribution in [0.15, 0.2) is 24.4 Å². The highest BCUT2D eigenvalue weighted by Gasteiger charge is 2.62. The number of carboxylic acids is 2. The van der Waals surface area contributed by atoms with Crippen molar-refractivity contribution < 1.29 is 59.3 Å². The highest BCUT2D eigenvalue weighted by molar-refractivity contribution is 7.93. The van der Waals surface area contributed by atoms with E-state index in [1.54, 1.807) is 6.20 Å². The fraction of sp³-hybridized carbons (Fsp3) is 0.682. The molecule has 2 N–H and O–H groups in total. The average Bonchev–Trinajstić information content (AvgIpc) is 3.39. The largest absolute Gasteiger partial charge is 0.490 e. The van der Waals surface area contributed by atoms with Crippen molar-refractivity contribution in [2.75, 3.05) is 25.4 Å². The molecule has 3 fully saturated rings. The fourth-order valence-corrected chi connectivity index (χ4v) is 7.09. The lowest BCUT2D eigenvalue weighted by Crippen LogP contribution is -2.69. The molecule has 1 aromatic rings. The molecule has 0 aromatic carbocycles. The van der Waals surface area contributed by atoms with Crippen LogP contribution in [0, 0.1) is 5.92 Å². The number of aliphatic carboxylic acids is 2. The minimum Gasteiger partial charge on any atom is -0.475 e. The van der Waals surface area contributed by atoms with Crippen LogP contribution in [-0.2, 0) is 30.8 Å². The monoisotopic (exact) mass is 578 g/mol. The van der Waals surface area contributed by atoms with Crippen LogP contribution in [0.5, 0.6) is 0 Å². The smallest absolute Gasteiger partial charge is 0.475 e. The Morgan fingerprint density at radius 1 is 1.00 bits per heavy atom. The number of sulfone groups is 1. The lowest BCUT2D eigenvalue weighted by atomic mass is 9.82. The molecular formula is C22H28F6N2O7S. The van der Waals surface area contributed by atoms with E-state index in [1.807, 2.05) is 18.2 Å². The van der Waals surface area contributed by atoms with Crippen molar-refractivity contribution in [3.63, 3.8) is 0 Å². The van der Waals surface area contributed by atoms with Gasteiger partial charge < -0.3 is 14.9 Å². The van der Waals surface area contributed by atoms with Gasteiger partial charge in [-0.25, -0.2) is 18.0 Å². The summed E-state index contributed by atoms with van der Waals surface area (Å²) in [7, 11) is -2.99. The molecule has 1 saturated carbocycles. The number of rotatable bonds is 5. The van der Waals surface area contributed by atoms with E-state index in [4.69, 9.17) is 24.5 Å². The van der Waals surface area contributed by atoms with Crippen LogP contribution in [-0.4, -0.2) is 89.0 Å². The Kier molecular flexibility index (Phi) is 10.5. The maximum Gasteiger partial charge on any atom is 0.490 e. The molecule has 4 rings (SSSR count). The SMILES string of the molecule is O=C(O)C(F)(F)F.O=C(O)C(F)(F)F.O=S1(=O)CCC(COCc2ccccn2)C12CN(C1CCCC1)C2. The summed E-state index contributed by atoms with van der Waals surface area (Å²) >= 11 is 0. The molecule has 0 bridgehead atoms. The Bertz CT molecular complexity index is 1010. The third-order valence-corrected chi connectivity index (χ3v) is 9.26. The summed E-state index contributed by atoms with van der Waals surface area (Å²) in [6, 6.07) is 6.38. The zero-order valence-electron chi connectivity index (χ0n) is 20.0. The summed E-state index contributed by atoms with van der Waals surface area (Å²) in [6.45, 7) is 2.42. The normalized spacial score (nSPS) is 22.5. The van der Waals surface area contributed by atoms with Crippen LogP contribution in [0.1, 0.15) is 37.8 Å². The summed E-state index contributed by atoms with van der Waals surface area (Å²) in [5.41, 5.74) is 0.897. The number of likely N-dealkylation sites (tertiary alicyclic amines) is 1. The van der Waals surface area contributed by atoms with Crippen LogP contribution in [0.25, 0.3) is 0 Å². The molecule has 3 aliphatic rings. The number of carboxylic acid groups (broad SMARTS) is 2. The molecule has 216 valence electrons. The molecule has 1 spiro atoms. The van der Waals surface area contributed by atoms with E-state index in [2.05, 4.69) is 9.88 Å². The van der Waals surface area contributed by atoms with E-state index in [9.17, 15) is 34.8 Å². The predicted octanol–water partition coefficient (Wildman–Crippen LogP) is 3.30. The van der Waals surface area contributed by atoms with Crippen molar-refractivity contribution in [2.45, 2.75) is 61.9 Å². The average molecular weight is 579 g/mol. The van der Waals surface area contributed by atoms with Gasteiger partial charge in [0, 0.05) is 31.2 Å². The number of hydrogen-bond donors (Lipinski definition) is 2. The molecule has 38 heavy (non-hydrogen) atoms. The quantitative estimate of drug-likeness (QED) is 0.505. The zero-order chi connectivity index (χ0) is 28.8. The van der Waals surface area contributed by atoms with Gasteiger partial charge in [0.2, 0.25) is 0 Å². The number of ether oxygens (including phenoxy) is 1. The minimum atomic E-state index is -5.08.